The van der Waals surface area contributed by atoms with Crippen LogP contribution in [0, 0.1) is 0 Å². The van der Waals surface area contributed by atoms with Crippen LogP contribution in [0.4, 0.5) is 0 Å². The van der Waals surface area contributed by atoms with Crippen molar-refractivity contribution < 1.29 is 4.74 Å². The monoisotopic (exact) mass is 273 g/mol. The van der Waals surface area contributed by atoms with Gasteiger partial charge in [0.15, 0.2) is 0 Å². The van der Waals surface area contributed by atoms with Gasteiger partial charge in [-0.2, -0.15) is 0 Å². The van der Waals surface area contributed by atoms with E-state index in [1.165, 1.54) is 6.54 Å². The molecule has 70 valence electrons. The van der Waals surface area contributed by atoms with E-state index in [-0.39, 0.29) is 24.0 Å². The molecule has 2 nitrogen and oxygen atoms in total. The molecule has 0 saturated heterocycles. The number of nitrogens with zero attached hydrogens (tertiary/aromatic N) is 1. The molecule has 0 N–H and O–H groups in total. The molecule has 0 bridgehead atoms. The summed E-state index contributed by atoms with van der Waals surface area (Å²) in [5.74, 6) is 0. The number of hydrogen-bond donors (Lipinski definition) is 0. The Morgan fingerprint density at radius 3 is 2.09 bits per heavy atom. The third kappa shape index (κ3) is 8.56. The van der Waals surface area contributed by atoms with Gasteiger partial charge in [-0.05, 0) is 19.5 Å². The van der Waals surface area contributed by atoms with Gasteiger partial charge in [-0.3, -0.25) is 0 Å². The van der Waals surface area contributed by atoms with Gasteiger partial charge in [0.05, 0.1) is 0 Å². The molecule has 0 atom stereocenters. The van der Waals surface area contributed by atoms with Crippen molar-refractivity contribution in [2.75, 3.05) is 33.4 Å². The molecule has 0 aromatic heterocycles. The van der Waals surface area contributed by atoms with E-state index in [0.717, 1.165) is 26.1 Å². The summed E-state index contributed by atoms with van der Waals surface area (Å²) >= 11 is 0. The molecule has 0 radical (unpaired) electrons. The second-order valence-corrected chi connectivity index (χ2v) is 2.37. The first kappa shape index (κ1) is 14.2. The molecule has 0 aromatic rings. The van der Waals surface area contributed by atoms with E-state index in [9.17, 15) is 0 Å². The topological polar surface area (TPSA) is 12.5 Å². The van der Waals surface area contributed by atoms with Gasteiger partial charge in [0, 0.05) is 20.3 Å². The summed E-state index contributed by atoms with van der Waals surface area (Å²) in [5.41, 5.74) is 0. The van der Waals surface area contributed by atoms with Crippen LogP contribution in [0.1, 0.15) is 20.3 Å². The smallest absolute Gasteiger partial charge is 0.0474 e. The van der Waals surface area contributed by atoms with Crippen molar-refractivity contribution in [3.63, 3.8) is 0 Å². The zero-order valence-corrected chi connectivity index (χ0v) is 10.1. The molecule has 0 spiro atoms. The fraction of sp³-hybridized carbons (Fsp3) is 1.00. The first-order chi connectivity index (χ1) is 4.85. The average Bonchev–Trinajstić information content (AvgIpc) is 1.99. The number of hydrogen-bond acceptors (Lipinski definition) is 2. The van der Waals surface area contributed by atoms with Crippen LogP contribution in [-0.2, 0) is 4.74 Å². The van der Waals surface area contributed by atoms with Crippen LogP contribution in [0.2, 0.25) is 0 Å². The molecule has 0 saturated carbocycles. The van der Waals surface area contributed by atoms with Gasteiger partial charge >= 0.3 is 0 Å². The molecular weight excluding hydrogens is 253 g/mol. The van der Waals surface area contributed by atoms with Gasteiger partial charge < -0.3 is 9.64 Å². The Morgan fingerprint density at radius 1 is 1.18 bits per heavy atom. The second-order valence-electron chi connectivity index (χ2n) is 2.37. The molecule has 0 fully saturated rings. The predicted octanol–water partition coefficient (Wildman–Crippen LogP) is 1.98. The zero-order valence-electron chi connectivity index (χ0n) is 7.80. The van der Waals surface area contributed by atoms with E-state index >= 15 is 0 Å². The average molecular weight is 273 g/mol. The van der Waals surface area contributed by atoms with E-state index in [1.54, 1.807) is 7.11 Å². The molecule has 0 aromatic carbocycles. The molecule has 3 heteroatoms. The first-order valence-corrected chi connectivity index (χ1v) is 4.06. The van der Waals surface area contributed by atoms with E-state index in [4.69, 9.17) is 4.74 Å². The summed E-state index contributed by atoms with van der Waals surface area (Å²) in [7, 11) is 1.75. The van der Waals surface area contributed by atoms with Gasteiger partial charge in [0.2, 0.25) is 0 Å². The molecule has 0 amide bonds. The lowest BCUT2D eigenvalue weighted by molar-refractivity contribution is 0.175. The quantitative estimate of drug-likeness (QED) is 0.542. The summed E-state index contributed by atoms with van der Waals surface area (Å²) in [5, 5.41) is 0. The lowest BCUT2D eigenvalue weighted by atomic mass is 10.4. The molecule has 0 aliphatic heterocycles. The minimum Gasteiger partial charge on any atom is -0.385 e. The van der Waals surface area contributed by atoms with Gasteiger partial charge in [-0.25, -0.2) is 0 Å². The van der Waals surface area contributed by atoms with Crippen molar-refractivity contribution in [2.24, 2.45) is 0 Å². The Kier molecular flexibility index (Phi) is 13.7. The highest BCUT2D eigenvalue weighted by Gasteiger charge is 1.96. The highest BCUT2D eigenvalue weighted by molar-refractivity contribution is 14.0. The van der Waals surface area contributed by atoms with E-state index in [2.05, 4.69) is 18.7 Å². The molecule has 0 rings (SSSR count). The number of rotatable bonds is 6. The molecule has 0 unspecified atom stereocenters. The summed E-state index contributed by atoms with van der Waals surface area (Å²) in [6, 6.07) is 0. The standard InChI is InChI=1S/C8H19NO.HI/c1-4-9(5-2)7-6-8-10-3;/h4-8H2,1-3H3;1H. The Bertz CT molecular complexity index is 67.1. The maximum atomic E-state index is 4.95. The van der Waals surface area contributed by atoms with Crippen LogP contribution < -0.4 is 0 Å². The van der Waals surface area contributed by atoms with Crippen LogP contribution in [0.5, 0.6) is 0 Å². The summed E-state index contributed by atoms with van der Waals surface area (Å²) in [6.45, 7) is 8.74. The second kappa shape index (κ2) is 10.7. The SMILES string of the molecule is CCN(CC)CCCOC.I. The van der Waals surface area contributed by atoms with Crippen molar-refractivity contribution >= 4 is 24.0 Å². The third-order valence-electron chi connectivity index (χ3n) is 1.72. The normalized spacial score (nSPS) is 9.82. The van der Waals surface area contributed by atoms with Crippen LogP contribution in [-0.4, -0.2) is 38.3 Å². The van der Waals surface area contributed by atoms with E-state index < -0.39 is 0 Å². The van der Waals surface area contributed by atoms with Gasteiger partial charge in [-0.15, -0.1) is 24.0 Å². The zero-order chi connectivity index (χ0) is 7.82. The van der Waals surface area contributed by atoms with Crippen LogP contribution >= 0.6 is 24.0 Å². The van der Waals surface area contributed by atoms with Crippen LogP contribution in [0.25, 0.3) is 0 Å². The number of halogens is 1. The van der Waals surface area contributed by atoms with Crippen LogP contribution in [0.15, 0.2) is 0 Å². The maximum Gasteiger partial charge on any atom is 0.0474 e. The van der Waals surface area contributed by atoms with Gasteiger partial charge in [0.1, 0.15) is 0 Å². The lowest BCUT2D eigenvalue weighted by Gasteiger charge is -2.16. The third-order valence-corrected chi connectivity index (χ3v) is 1.72. The highest BCUT2D eigenvalue weighted by Crippen LogP contribution is 1.89. The first-order valence-electron chi connectivity index (χ1n) is 4.06. The molecule has 0 aliphatic carbocycles. The minimum absolute atomic E-state index is 0. The molecule has 0 aliphatic rings. The Hall–Kier alpha value is 0.650. The maximum absolute atomic E-state index is 4.95. The number of methoxy groups -OCH3 is 1. The van der Waals surface area contributed by atoms with E-state index in [1.807, 2.05) is 0 Å². The van der Waals surface area contributed by atoms with Crippen molar-refractivity contribution in [2.45, 2.75) is 20.3 Å². The predicted molar refractivity (Wildman–Crippen MR) is 59.7 cm³/mol. The Morgan fingerprint density at radius 2 is 1.73 bits per heavy atom. The number of ether oxygens (including phenoxy) is 1. The fourth-order valence-corrected chi connectivity index (χ4v) is 0.972. The lowest BCUT2D eigenvalue weighted by Crippen LogP contribution is -2.24. The largest absolute Gasteiger partial charge is 0.385 e. The van der Waals surface area contributed by atoms with Crippen LogP contribution in [0.3, 0.4) is 0 Å². The van der Waals surface area contributed by atoms with Crippen molar-refractivity contribution in [3.05, 3.63) is 0 Å². The minimum atomic E-state index is 0. The summed E-state index contributed by atoms with van der Waals surface area (Å²) in [6.07, 6.45) is 1.15. The molecule has 11 heavy (non-hydrogen) atoms. The van der Waals surface area contributed by atoms with Crippen molar-refractivity contribution in [3.8, 4) is 0 Å². The Balaban J connectivity index is 0. The van der Waals surface area contributed by atoms with Crippen molar-refractivity contribution in [1.82, 2.24) is 4.90 Å². The summed E-state index contributed by atoms with van der Waals surface area (Å²) in [4.78, 5) is 2.40. The molecular formula is C8H20INO. The summed E-state index contributed by atoms with van der Waals surface area (Å²) < 4.78 is 4.95. The van der Waals surface area contributed by atoms with E-state index in [0.29, 0.717) is 0 Å². The van der Waals surface area contributed by atoms with Gasteiger partial charge in [0.25, 0.3) is 0 Å². The Labute approximate surface area is 87.3 Å². The van der Waals surface area contributed by atoms with Gasteiger partial charge in [-0.1, -0.05) is 13.8 Å². The fourth-order valence-electron chi connectivity index (χ4n) is 0.972. The molecule has 0 heterocycles. The van der Waals surface area contributed by atoms with Crippen molar-refractivity contribution in [1.29, 1.82) is 0 Å². The highest BCUT2D eigenvalue weighted by atomic mass is 127.